The van der Waals surface area contributed by atoms with Gasteiger partial charge in [0.05, 0.1) is 5.56 Å². The highest BCUT2D eigenvalue weighted by Gasteiger charge is 2.16. The maximum absolute atomic E-state index is 9.97. The quantitative estimate of drug-likeness (QED) is 0.746. The molecule has 1 aromatic carbocycles. The molecule has 0 radical (unpaired) electrons. The van der Waals surface area contributed by atoms with Gasteiger partial charge in [-0.1, -0.05) is 11.2 Å². The van der Waals surface area contributed by atoms with Crippen LogP contribution in [0.25, 0.3) is 23.0 Å². The molecule has 1 N–H and O–H groups in total. The Balaban J connectivity index is 2.05. The lowest BCUT2D eigenvalue weighted by Gasteiger charge is -2.01. The van der Waals surface area contributed by atoms with Gasteiger partial charge in [0, 0.05) is 11.1 Å². The van der Waals surface area contributed by atoms with E-state index in [4.69, 9.17) is 4.52 Å². The summed E-state index contributed by atoms with van der Waals surface area (Å²) in [4.78, 5) is 9.61. The number of hydrogen-bond acceptors (Lipinski definition) is 6. The van der Waals surface area contributed by atoms with Crippen molar-refractivity contribution in [2.75, 3.05) is 6.26 Å². The molecule has 2 heterocycles. The molecule has 0 spiro atoms. The zero-order valence-electron chi connectivity index (χ0n) is 11.6. The van der Waals surface area contributed by atoms with Crippen molar-refractivity contribution in [2.45, 2.75) is 11.8 Å². The normalized spacial score (nSPS) is 10.8. The molecule has 0 aliphatic carbocycles. The van der Waals surface area contributed by atoms with Crippen molar-refractivity contribution in [1.82, 2.24) is 15.1 Å². The molecule has 0 aliphatic rings. The van der Waals surface area contributed by atoms with E-state index < -0.39 is 0 Å². The fraction of sp³-hybridized carbons (Fsp3) is 0.133. The SMILES string of the molecule is CSc1ccc(O)c(-c2nc(-c3ncccc3C)no2)c1. The number of nitrogens with zero attached hydrogens (tertiary/aromatic N) is 3. The third-order valence-electron chi connectivity index (χ3n) is 3.08. The molecule has 0 saturated heterocycles. The number of benzene rings is 1. The summed E-state index contributed by atoms with van der Waals surface area (Å²) >= 11 is 1.58. The predicted molar refractivity (Wildman–Crippen MR) is 81.1 cm³/mol. The lowest BCUT2D eigenvalue weighted by molar-refractivity contribution is 0.425. The Morgan fingerprint density at radius 1 is 1.24 bits per heavy atom. The van der Waals surface area contributed by atoms with Gasteiger partial charge in [0.2, 0.25) is 5.82 Å². The molecular formula is C15H13N3O2S. The Hall–Kier alpha value is -2.34. The number of aryl methyl sites for hydroxylation is 1. The van der Waals surface area contributed by atoms with Crippen LogP contribution in [0.4, 0.5) is 0 Å². The molecular weight excluding hydrogens is 286 g/mol. The van der Waals surface area contributed by atoms with E-state index in [-0.39, 0.29) is 11.6 Å². The van der Waals surface area contributed by atoms with Crippen LogP contribution in [0.15, 0.2) is 45.9 Å². The topological polar surface area (TPSA) is 72.0 Å². The number of aromatic hydroxyl groups is 1. The lowest BCUT2D eigenvalue weighted by Crippen LogP contribution is -1.89. The highest BCUT2D eigenvalue weighted by Crippen LogP contribution is 2.32. The Morgan fingerprint density at radius 3 is 2.86 bits per heavy atom. The molecule has 0 atom stereocenters. The minimum Gasteiger partial charge on any atom is -0.507 e. The van der Waals surface area contributed by atoms with Crippen LogP contribution in [0.1, 0.15) is 5.56 Å². The maximum atomic E-state index is 9.97. The summed E-state index contributed by atoms with van der Waals surface area (Å²) in [6.45, 7) is 1.93. The van der Waals surface area contributed by atoms with Gasteiger partial charge in [-0.3, -0.25) is 4.98 Å². The van der Waals surface area contributed by atoms with Crippen molar-refractivity contribution in [1.29, 1.82) is 0 Å². The second kappa shape index (κ2) is 5.57. The minimum atomic E-state index is 0.112. The summed E-state index contributed by atoms with van der Waals surface area (Å²) in [6, 6.07) is 9.07. The van der Waals surface area contributed by atoms with Crippen molar-refractivity contribution in [3.8, 4) is 28.7 Å². The van der Waals surface area contributed by atoms with Gasteiger partial charge in [-0.2, -0.15) is 4.98 Å². The van der Waals surface area contributed by atoms with E-state index in [1.165, 1.54) is 0 Å². The van der Waals surface area contributed by atoms with Crippen molar-refractivity contribution < 1.29 is 9.63 Å². The van der Waals surface area contributed by atoms with Crippen LogP contribution in [0, 0.1) is 6.92 Å². The molecule has 6 heteroatoms. The van der Waals surface area contributed by atoms with Gasteiger partial charge in [0.15, 0.2) is 0 Å². The zero-order chi connectivity index (χ0) is 14.8. The van der Waals surface area contributed by atoms with Gasteiger partial charge in [0.1, 0.15) is 11.4 Å². The lowest BCUT2D eigenvalue weighted by atomic mass is 10.2. The second-order valence-corrected chi connectivity index (χ2v) is 5.35. The first-order valence-corrected chi connectivity index (χ1v) is 7.54. The molecule has 0 bridgehead atoms. The van der Waals surface area contributed by atoms with Crippen LogP contribution in [0.2, 0.25) is 0 Å². The van der Waals surface area contributed by atoms with E-state index >= 15 is 0 Å². The molecule has 5 nitrogen and oxygen atoms in total. The zero-order valence-corrected chi connectivity index (χ0v) is 12.4. The van der Waals surface area contributed by atoms with Gasteiger partial charge in [-0.15, -0.1) is 11.8 Å². The summed E-state index contributed by atoms with van der Waals surface area (Å²) in [5.41, 5.74) is 2.16. The van der Waals surface area contributed by atoms with E-state index in [1.54, 1.807) is 24.0 Å². The molecule has 0 fully saturated rings. The molecule has 0 saturated carbocycles. The molecule has 21 heavy (non-hydrogen) atoms. The average Bonchev–Trinajstić information content (AvgIpc) is 2.97. The number of thioether (sulfide) groups is 1. The minimum absolute atomic E-state index is 0.112. The molecule has 3 aromatic rings. The summed E-state index contributed by atoms with van der Waals surface area (Å²) in [7, 11) is 0. The monoisotopic (exact) mass is 299 g/mol. The number of rotatable bonds is 3. The predicted octanol–water partition coefficient (Wildman–Crippen LogP) is 3.53. The Kier molecular flexibility index (Phi) is 3.62. The highest BCUT2D eigenvalue weighted by atomic mass is 32.2. The largest absolute Gasteiger partial charge is 0.507 e. The standard InChI is InChI=1S/C15H13N3O2S/c1-9-4-3-7-16-13(9)14-17-15(20-18-14)11-8-10(21-2)5-6-12(11)19/h3-8,19H,1-2H3. The average molecular weight is 299 g/mol. The van der Waals surface area contributed by atoms with Crippen LogP contribution in [0.5, 0.6) is 5.75 Å². The third kappa shape index (κ3) is 2.62. The number of hydrogen-bond donors (Lipinski definition) is 1. The number of phenols is 1. The first-order chi connectivity index (χ1) is 10.2. The summed E-state index contributed by atoms with van der Waals surface area (Å²) in [6.07, 6.45) is 3.65. The third-order valence-corrected chi connectivity index (χ3v) is 3.81. The van der Waals surface area contributed by atoms with Gasteiger partial charge < -0.3 is 9.63 Å². The molecule has 0 unspecified atom stereocenters. The molecule has 0 aliphatic heterocycles. The fourth-order valence-electron chi connectivity index (χ4n) is 1.96. The van der Waals surface area contributed by atoms with E-state index in [0.29, 0.717) is 17.1 Å². The van der Waals surface area contributed by atoms with Crippen molar-refractivity contribution in [3.63, 3.8) is 0 Å². The van der Waals surface area contributed by atoms with Gasteiger partial charge in [-0.25, -0.2) is 0 Å². The Bertz CT molecular complexity index is 786. The maximum Gasteiger partial charge on any atom is 0.262 e. The van der Waals surface area contributed by atoms with E-state index in [0.717, 1.165) is 10.5 Å². The first-order valence-electron chi connectivity index (χ1n) is 6.32. The summed E-state index contributed by atoms with van der Waals surface area (Å²) in [5.74, 6) is 0.807. The van der Waals surface area contributed by atoms with Crippen LogP contribution in [-0.4, -0.2) is 26.5 Å². The smallest absolute Gasteiger partial charge is 0.262 e. The van der Waals surface area contributed by atoms with E-state index in [2.05, 4.69) is 15.1 Å². The van der Waals surface area contributed by atoms with Crippen molar-refractivity contribution in [3.05, 3.63) is 42.1 Å². The first kappa shape index (κ1) is 13.6. The molecule has 106 valence electrons. The van der Waals surface area contributed by atoms with Gasteiger partial charge in [-0.05, 0) is 43.0 Å². The number of aromatic nitrogens is 3. The van der Waals surface area contributed by atoms with Gasteiger partial charge >= 0.3 is 0 Å². The molecule has 3 rings (SSSR count). The van der Waals surface area contributed by atoms with Gasteiger partial charge in [0.25, 0.3) is 5.89 Å². The van der Waals surface area contributed by atoms with E-state index in [1.807, 2.05) is 37.4 Å². The number of pyridine rings is 1. The van der Waals surface area contributed by atoms with Crippen LogP contribution in [0.3, 0.4) is 0 Å². The Morgan fingerprint density at radius 2 is 2.10 bits per heavy atom. The number of phenolic OH excluding ortho intramolecular Hbond substituents is 1. The summed E-state index contributed by atoms with van der Waals surface area (Å²) < 4.78 is 5.27. The van der Waals surface area contributed by atoms with E-state index in [9.17, 15) is 5.11 Å². The van der Waals surface area contributed by atoms with Crippen LogP contribution >= 0.6 is 11.8 Å². The van der Waals surface area contributed by atoms with Crippen LogP contribution < -0.4 is 0 Å². The second-order valence-electron chi connectivity index (χ2n) is 4.48. The summed E-state index contributed by atoms with van der Waals surface area (Å²) in [5, 5.41) is 13.9. The fourth-order valence-corrected chi connectivity index (χ4v) is 2.40. The van der Waals surface area contributed by atoms with Crippen LogP contribution in [-0.2, 0) is 0 Å². The van der Waals surface area contributed by atoms with Crippen molar-refractivity contribution in [2.24, 2.45) is 0 Å². The molecule has 2 aromatic heterocycles. The highest BCUT2D eigenvalue weighted by molar-refractivity contribution is 7.98. The van der Waals surface area contributed by atoms with Crippen molar-refractivity contribution >= 4 is 11.8 Å². The molecule has 0 amide bonds. The Labute approximate surface area is 126 Å².